The van der Waals surface area contributed by atoms with Gasteiger partial charge in [-0.05, 0) is 70.8 Å². The van der Waals surface area contributed by atoms with Crippen LogP contribution in [0.1, 0.15) is 19.4 Å². The van der Waals surface area contributed by atoms with Gasteiger partial charge < -0.3 is 14.4 Å². The molecule has 6 nitrogen and oxygen atoms in total. The minimum atomic E-state index is -1.10. The van der Waals surface area contributed by atoms with Gasteiger partial charge in [0.2, 0.25) is 0 Å². The van der Waals surface area contributed by atoms with Crippen molar-refractivity contribution in [2.75, 3.05) is 39.2 Å². The number of halogens is 2. The third-order valence-electron chi connectivity index (χ3n) is 4.86. The van der Waals surface area contributed by atoms with Gasteiger partial charge in [0.05, 0.1) is 11.8 Å². The number of likely N-dealkylation sites (N-methyl/N-ethyl adjacent to an activating group) is 1. The minimum absolute atomic E-state index is 0. The lowest BCUT2D eigenvalue weighted by Crippen LogP contribution is -2.50. The zero-order valence-electron chi connectivity index (χ0n) is 19.1. The standard InChI is InChI=1S/C23H28ClN3O3S.ClH/c1-15-7-12-18(29-6)19-20(15)31-22(25-19)27(14-13-26(4)5)21(28)23(2,3)30-17-10-8-16(24)9-11-17;/h7-12H,13-14H2,1-6H3;1H. The molecule has 0 atom stereocenters. The van der Waals surface area contributed by atoms with Gasteiger partial charge in [-0.25, -0.2) is 4.98 Å². The Bertz CT molecular complexity index is 1070. The largest absolute Gasteiger partial charge is 0.494 e. The summed E-state index contributed by atoms with van der Waals surface area (Å²) in [5, 5.41) is 1.24. The summed E-state index contributed by atoms with van der Waals surface area (Å²) in [6, 6.07) is 10.9. The minimum Gasteiger partial charge on any atom is -0.494 e. The van der Waals surface area contributed by atoms with E-state index in [9.17, 15) is 4.79 Å². The van der Waals surface area contributed by atoms with Gasteiger partial charge in [-0.2, -0.15) is 0 Å². The van der Waals surface area contributed by atoms with Crippen molar-refractivity contribution >= 4 is 56.6 Å². The van der Waals surface area contributed by atoms with Crippen LogP contribution in [0, 0.1) is 6.92 Å². The molecule has 174 valence electrons. The van der Waals surface area contributed by atoms with E-state index in [4.69, 9.17) is 26.1 Å². The number of anilines is 1. The molecule has 0 aliphatic carbocycles. The van der Waals surface area contributed by atoms with E-state index < -0.39 is 5.60 Å². The predicted octanol–water partition coefficient (Wildman–Crippen LogP) is 5.44. The van der Waals surface area contributed by atoms with E-state index in [1.807, 2.05) is 38.1 Å². The van der Waals surface area contributed by atoms with Crippen LogP contribution < -0.4 is 14.4 Å². The lowest BCUT2D eigenvalue weighted by atomic mass is 10.1. The average Bonchev–Trinajstić information content (AvgIpc) is 3.16. The van der Waals surface area contributed by atoms with Gasteiger partial charge in [-0.3, -0.25) is 9.69 Å². The smallest absolute Gasteiger partial charge is 0.272 e. The molecule has 0 saturated heterocycles. The first-order valence-corrected chi connectivity index (χ1v) is 11.2. The Balaban J connectivity index is 0.00000363. The summed E-state index contributed by atoms with van der Waals surface area (Å²) in [5.41, 5.74) is 0.759. The van der Waals surface area contributed by atoms with Crippen molar-refractivity contribution in [1.29, 1.82) is 0 Å². The van der Waals surface area contributed by atoms with Gasteiger partial charge in [0.1, 0.15) is 17.0 Å². The molecule has 0 unspecified atom stereocenters. The fourth-order valence-corrected chi connectivity index (χ4v) is 4.33. The monoisotopic (exact) mass is 497 g/mol. The van der Waals surface area contributed by atoms with Gasteiger partial charge in [0.25, 0.3) is 5.91 Å². The Kier molecular flexibility index (Phi) is 8.76. The second-order valence-electron chi connectivity index (χ2n) is 8.09. The van der Waals surface area contributed by atoms with Gasteiger partial charge in [0.15, 0.2) is 10.7 Å². The van der Waals surface area contributed by atoms with E-state index in [0.717, 1.165) is 15.8 Å². The summed E-state index contributed by atoms with van der Waals surface area (Å²) >= 11 is 7.46. The maximum atomic E-state index is 13.7. The molecule has 0 radical (unpaired) electrons. The van der Waals surface area contributed by atoms with Crippen LogP contribution in [0.2, 0.25) is 5.02 Å². The summed E-state index contributed by atoms with van der Waals surface area (Å²) in [5.74, 6) is 1.11. The highest BCUT2D eigenvalue weighted by atomic mass is 35.5. The van der Waals surface area contributed by atoms with Gasteiger partial charge >= 0.3 is 0 Å². The van der Waals surface area contributed by atoms with Crippen LogP contribution in [-0.4, -0.2) is 55.7 Å². The van der Waals surface area contributed by atoms with Crippen molar-refractivity contribution in [2.24, 2.45) is 0 Å². The fraction of sp³-hybridized carbons (Fsp3) is 0.391. The second kappa shape index (κ2) is 10.7. The third-order valence-corrected chi connectivity index (χ3v) is 6.33. The summed E-state index contributed by atoms with van der Waals surface area (Å²) in [4.78, 5) is 22.2. The molecule has 0 saturated carbocycles. The summed E-state index contributed by atoms with van der Waals surface area (Å²) in [7, 11) is 5.58. The molecular weight excluding hydrogens is 469 g/mol. The topological polar surface area (TPSA) is 54.9 Å². The third kappa shape index (κ3) is 5.84. The first-order chi connectivity index (χ1) is 14.6. The molecule has 1 amide bonds. The zero-order chi connectivity index (χ0) is 22.8. The molecule has 2 aromatic carbocycles. The van der Waals surface area contributed by atoms with E-state index in [2.05, 4.69) is 0 Å². The van der Waals surface area contributed by atoms with E-state index in [0.29, 0.717) is 34.7 Å². The Labute approximate surface area is 204 Å². The Morgan fingerprint density at radius 1 is 1.12 bits per heavy atom. The maximum Gasteiger partial charge on any atom is 0.272 e. The van der Waals surface area contributed by atoms with Gasteiger partial charge in [0, 0.05) is 18.1 Å². The van der Waals surface area contributed by atoms with Crippen molar-refractivity contribution in [3.63, 3.8) is 0 Å². The molecule has 0 spiro atoms. The van der Waals surface area contributed by atoms with Crippen LogP contribution in [0.15, 0.2) is 36.4 Å². The predicted molar refractivity (Wildman–Crippen MR) is 135 cm³/mol. The highest BCUT2D eigenvalue weighted by molar-refractivity contribution is 7.22. The van der Waals surface area contributed by atoms with Crippen molar-refractivity contribution < 1.29 is 14.3 Å². The molecule has 3 rings (SSSR count). The van der Waals surface area contributed by atoms with Crippen molar-refractivity contribution in [2.45, 2.75) is 26.4 Å². The number of ether oxygens (including phenoxy) is 2. The van der Waals surface area contributed by atoms with Crippen LogP contribution in [0.3, 0.4) is 0 Å². The molecular formula is C23H29Cl2N3O3S. The molecule has 0 bridgehead atoms. The molecule has 1 heterocycles. The number of carbonyl (C=O) groups excluding carboxylic acids is 1. The quantitative estimate of drug-likeness (QED) is 0.414. The lowest BCUT2D eigenvalue weighted by Gasteiger charge is -2.31. The van der Waals surface area contributed by atoms with Crippen molar-refractivity contribution in [3.8, 4) is 11.5 Å². The van der Waals surface area contributed by atoms with E-state index in [1.54, 1.807) is 50.1 Å². The molecule has 9 heteroatoms. The number of fused-ring (bicyclic) bond motifs is 1. The number of rotatable bonds is 8. The Hall–Kier alpha value is -2.06. The van der Waals surface area contributed by atoms with Crippen LogP contribution >= 0.6 is 35.3 Å². The zero-order valence-corrected chi connectivity index (χ0v) is 21.5. The lowest BCUT2D eigenvalue weighted by molar-refractivity contribution is -0.131. The normalized spacial score (nSPS) is 11.4. The van der Waals surface area contributed by atoms with E-state index in [-0.39, 0.29) is 18.3 Å². The second-order valence-corrected chi connectivity index (χ2v) is 9.50. The van der Waals surface area contributed by atoms with E-state index in [1.165, 1.54) is 11.3 Å². The van der Waals surface area contributed by atoms with E-state index >= 15 is 0 Å². The molecule has 0 aliphatic rings. The first-order valence-electron chi connectivity index (χ1n) is 9.98. The fourth-order valence-electron chi connectivity index (χ4n) is 3.13. The molecule has 0 aliphatic heterocycles. The van der Waals surface area contributed by atoms with Crippen molar-refractivity contribution in [1.82, 2.24) is 9.88 Å². The number of thiazole rings is 1. The molecule has 0 N–H and O–H groups in total. The average molecular weight is 498 g/mol. The number of carbonyl (C=O) groups is 1. The Morgan fingerprint density at radius 2 is 1.78 bits per heavy atom. The highest BCUT2D eigenvalue weighted by Gasteiger charge is 2.36. The van der Waals surface area contributed by atoms with Crippen LogP contribution in [-0.2, 0) is 4.79 Å². The SMILES string of the molecule is COc1ccc(C)c2sc(N(CCN(C)C)C(=O)C(C)(C)Oc3ccc(Cl)cc3)nc12.Cl. The molecule has 32 heavy (non-hydrogen) atoms. The molecule has 1 aromatic heterocycles. The number of methoxy groups -OCH3 is 1. The Morgan fingerprint density at radius 3 is 2.38 bits per heavy atom. The number of hydrogen-bond donors (Lipinski definition) is 0. The highest BCUT2D eigenvalue weighted by Crippen LogP contribution is 2.37. The van der Waals surface area contributed by atoms with Crippen molar-refractivity contribution in [3.05, 3.63) is 47.0 Å². The number of amides is 1. The number of nitrogens with zero attached hydrogens (tertiary/aromatic N) is 3. The van der Waals surface area contributed by atoms with Crippen LogP contribution in [0.4, 0.5) is 5.13 Å². The number of aromatic nitrogens is 1. The maximum absolute atomic E-state index is 13.7. The first kappa shape index (κ1) is 26.2. The van der Waals surface area contributed by atoms with Gasteiger partial charge in [-0.15, -0.1) is 12.4 Å². The summed E-state index contributed by atoms with van der Waals surface area (Å²) in [6.07, 6.45) is 0. The summed E-state index contributed by atoms with van der Waals surface area (Å²) < 4.78 is 12.6. The molecule has 3 aromatic rings. The van der Waals surface area contributed by atoms with Crippen LogP contribution in [0.25, 0.3) is 10.2 Å². The number of aryl methyl sites for hydroxylation is 1. The molecule has 0 fully saturated rings. The summed E-state index contributed by atoms with van der Waals surface area (Å²) in [6.45, 7) is 6.75. The van der Waals surface area contributed by atoms with Crippen LogP contribution in [0.5, 0.6) is 11.5 Å². The van der Waals surface area contributed by atoms with Gasteiger partial charge in [-0.1, -0.05) is 29.0 Å². The number of hydrogen-bond acceptors (Lipinski definition) is 6. The number of benzene rings is 2.